The molecule has 6 nitrogen and oxygen atoms in total. The Hall–Kier alpha value is 0.0464. The number of amides is 3. The third-order valence-corrected chi connectivity index (χ3v) is 1.25. The third-order valence-electron chi connectivity index (χ3n) is 1.25. The zero-order valence-corrected chi connectivity index (χ0v) is 9.58. The van der Waals surface area contributed by atoms with Crippen LogP contribution in [0.25, 0.3) is 0 Å². The van der Waals surface area contributed by atoms with Crippen LogP contribution in [0.3, 0.4) is 0 Å². The number of urea groups is 1. The van der Waals surface area contributed by atoms with Crippen molar-refractivity contribution < 1.29 is 19.5 Å². The summed E-state index contributed by atoms with van der Waals surface area (Å²) in [6.45, 7) is 0. The molecule has 0 aromatic carbocycles. The molecule has 0 aromatic rings. The van der Waals surface area contributed by atoms with Crippen LogP contribution in [0.15, 0.2) is 0 Å². The van der Waals surface area contributed by atoms with Crippen molar-refractivity contribution in [2.24, 2.45) is 0 Å². The predicted octanol–water partition coefficient (Wildman–Crippen LogP) is -1.71. The number of hydrogen-bond donors (Lipinski definition) is 3. The van der Waals surface area contributed by atoms with Crippen LogP contribution < -0.4 is 10.6 Å². The molecule has 1 unspecified atom stereocenters. The normalized spacial score (nSPS) is 21.8. The fraction of sp³-hybridized carbons (Fsp3) is 0.400. The van der Waals surface area contributed by atoms with Crippen LogP contribution >= 0.6 is 0 Å². The first-order chi connectivity index (χ1) is 5.09. The Bertz CT molecular complexity index is 213. The van der Waals surface area contributed by atoms with Crippen molar-refractivity contribution in [1.82, 2.24) is 10.6 Å². The van der Waals surface area contributed by atoms with Crippen LogP contribution in [0, 0.1) is 0 Å². The van der Waals surface area contributed by atoms with E-state index in [-0.39, 0.29) is 57.8 Å². The van der Waals surface area contributed by atoms with Gasteiger partial charge in [-0.05, 0) is 0 Å². The standard InChI is InChI=1S/C5H6N2O4.K/c8-3-1-2(4(9)10)6-5(11)7-3;/h2H,1H2,(H,9,10)(H2,6,7,8,11);. The summed E-state index contributed by atoms with van der Waals surface area (Å²) in [5, 5.41) is 12.4. The van der Waals surface area contributed by atoms with E-state index < -0.39 is 23.9 Å². The summed E-state index contributed by atoms with van der Waals surface area (Å²) in [6.07, 6.45) is -0.207. The third kappa shape index (κ3) is 3.19. The van der Waals surface area contributed by atoms with E-state index in [0.717, 1.165) is 0 Å². The SMILES string of the molecule is O=C1CC(C(=O)O)NC(=O)N1.[K]. The molecular weight excluding hydrogens is 191 g/mol. The van der Waals surface area contributed by atoms with Crippen molar-refractivity contribution in [2.75, 3.05) is 0 Å². The average Bonchev–Trinajstić information content (AvgIpc) is 1.85. The molecule has 0 saturated carbocycles. The van der Waals surface area contributed by atoms with E-state index in [4.69, 9.17) is 5.11 Å². The minimum Gasteiger partial charge on any atom is -0.480 e. The molecule has 12 heavy (non-hydrogen) atoms. The molecule has 0 aromatic heterocycles. The number of nitrogens with one attached hydrogen (secondary N) is 2. The van der Waals surface area contributed by atoms with Crippen molar-refractivity contribution in [3.05, 3.63) is 0 Å². The molecule has 1 radical (unpaired) electrons. The number of rotatable bonds is 1. The van der Waals surface area contributed by atoms with Crippen molar-refractivity contribution in [3.63, 3.8) is 0 Å². The van der Waals surface area contributed by atoms with Crippen molar-refractivity contribution >= 4 is 69.3 Å². The number of carboxylic acids is 1. The van der Waals surface area contributed by atoms with Gasteiger partial charge in [-0.3, -0.25) is 10.1 Å². The second-order valence-corrected chi connectivity index (χ2v) is 2.12. The van der Waals surface area contributed by atoms with E-state index in [1.54, 1.807) is 0 Å². The number of carboxylic acid groups (broad SMARTS) is 1. The van der Waals surface area contributed by atoms with Gasteiger partial charge in [-0.25, -0.2) is 9.59 Å². The quantitative estimate of drug-likeness (QED) is 0.436. The number of carbonyl (C=O) groups excluding carboxylic acids is 2. The molecule has 0 bridgehead atoms. The Morgan fingerprint density at radius 1 is 1.50 bits per heavy atom. The minimum absolute atomic E-state index is 0. The van der Waals surface area contributed by atoms with Crippen LogP contribution in [0.1, 0.15) is 6.42 Å². The second-order valence-electron chi connectivity index (χ2n) is 2.12. The molecule has 1 aliphatic rings. The van der Waals surface area contributed by atoms with Gasteiger partial charge < -0.3 is 10.4 Å². The fourth-order valence-corrected chi connectivity index (χ4v) is 0.757. The molecule has 0 aliphatic carbocycles. The maximum absolute atomic E-state index is 10.6. The monoisotopic (exact) mass is 197 g/mol. The van der Waals surface area contributed by atoms with Gasteiger partial charge >= 0.3 is 12.0 Å². The van der Waals surface area contributed by atoms with Crippen LogP contribution in [0.2, 0.25) is 0 Å². The first-order valence-corrected chi connectivity index (χ1v) is 2.93. The Morgan fingerprint density at radius 2 is 2.08 bits per heavy atom. The van der Waals surface area contributed by atoms with Crippen molar-refractivity contribution in [2.45, 2.75) is 12.5 Å². The topological polar surface area (TPSA) is 95.5 Å². The predicted molar refractivity (Wildman–Crippen MR) is 38.5 cm³/mol. The van der Waals surface area contributed by atoms with E-state index >= 15 is 0 Å². The summed E-state index contributed by atoms with van der Waals surface area (Å²) in [7, 11) is 0. The van der Waals surface area contributed by atoms with Gasteiger partial charge in [0.15, 0.2) is 0 Å². The van der Waals surface area contributed by atoms with Gasteiger partial charge in [0, 0.05) is 51.4 Å². The van der Waals surface area contributed by atoms with Gasteiger partial charge in [-0.2, -0.15) is 0 Å². The van der Waals surface area contributed by atoms with E-state index in [2.05, 4.69) is 5.32 Å². The molecule has 1 atom stereocenters. The van der Waals surface area contributed by atoms with Gasteiger partial charge in [0.25, 0.3) is 0 Å². The molecule has 1 saturated heterocycles. The average molecular weight is 197 g/mol. The van der Waals surface area contributed by atoms with E-state index in [0.29, 0.717) is 0 Å². The van der Waals surface area contributed by atoms with E-state index in [1.807, 2.05) is 5.32 Å². The summed E-state index contributed by atoms with van der Waals surface area (Å²) in [5.74, 6) is -1.77. The molecular formula is C5H6KN2O4. The molecule has 1 rings (SSSR count). The van der Waals surface area contributed by atoms with E-state index in [1.165, 1.54) is 0 Å². The second kappa shape index (κ2) is 4.92. The van der Waals surface area contributed by atoms with E-state index in [9.17, 15) is 14.4 Å². The van der Waals surface area contributed by atoms with Crippen LogP contribution in [0.5, 0.6) is 0 Å². The first-order valence-electron chi connectivity index (χ1n) is 2.93. The Morgan fingerprint density at radius 3 is 2.50 bits per heavy atom. The molecule has 3 amide bonds. The largest absolute Gasteiger partial charge is 0.480 e. The van der Waals surface area contributed by atoms with Crippen molar-refractivity contribution in [1.29, 1.82) is 0 Å². The summed E-state index contributed by atoms with van der Waals surface area (Å²) in [6, 6.07) is -1.84. The zero-order valence-electron chi connectivity index (χ0n) is 6.46. The molecule has 1 fully saturated rings. The number of carbonyl (C=O) groups is 3. The van der Waals surface area contributed by atoms with Crippen LogP contribution in [0.4, 0.5) is 4.79 Å². The zero-order chi connectivity index (χ0) is 8.43. The number of hydrogen-bond acceptors (Lipinski definition) is 3. The Kier molecular flexibility index (Phi) is 4.94. The molecule has 1 aliphatic heterocycles. The Labute approximate surface area is 110 Å². The minimum atomic E-state index is -1.20. The smallest absolute Gasteiger partial charge is 0.326 e. The summed E-state index contributed by atoms with van der Waals surface area (Å²) < 4.78 is 0. The molecule has 7 heteroatoms. The van der Waals surface area contributed by atoms with Gasteiger partial charge in [-0.15, -0.1) is 0 Å². The summed E-state index contributed by atoms with van der Waals surface area (Å²) in [4.78, 5) is 31.3. The number of aliphatic carboxylic acids is 1. The van der Waals surface area contributed by atoms with Crippen LogP contribution in [-0.4, -0.2) is 80.4 Å². The Balaban J connectivity index is 0.00000121. The van der Waals surface area contributed by atoms with Crippen LogP contribution in [-0.2, 0) is 9.59 Å². The first kappa shape index (κ1) is 12.0. The van der Waals surface area contributed by atoms with Crippen molar-refractivity contribution in [3.8, 4) is 0 Å². The number of imide groups is 1. The van der Waals surface area contributed by atoms with Gasteiger partial charge in [0.05, 0.1) is 6.42 Å². The fourth-order valence-electron chi connectivity index (χ4n) is 0.757. The molecule has 61 valence electrons. The maximum atomic E-state index is 10.6. The molecule has 3 N–H and O–H groups in total. The van der Waals surface area contributed by atoms with Gasteiger partial charge in [0.1, 0.15) is 6.04 Å². The van der Waals surface area contributed by atoms with Gasteiger partial charge in [0.2, 0.25) is 5.91 Å². The maximum Gasteiger partial charge on any atom is 0.326 e. The molecule has 0 spiro atoms. The molecule has 1 heterocycles. The van der Waals surface area contributed by atoms with Gasteiger partial charge in [-0.1, -0.05) is 0 Å². The summed E-state index contributed by atoms with van der Waals surface area (Å²) >= 11 is 0. The summed E-state index contributed by atoms with van der Waals surface area (Å²) in [5.41, 5.74) is 0.